The van der Waals surface area contributed by atoms with Gasteiger partial charge in [-0.15, -0.1) is 0 Å². The van der Waals surface area contributed by atoms with Gasteiger partial charge in [-0.25, -0.2) is 4.39 Å². The first-order valence-electron chi connectivity index (χ1n) is 6.04. The molecule has 0 fully saturated rings. The molecule has 0 amide bonds. The number of nitrogens with two attached hydrogens (primary N) is 1. The van der Waals surface area contributed by atoms with E-state index < -0.39 is 5.82 Å². The lowest BCUT2D eigenvalue weighted by Crippen LogP contribution is -1.91. The van der Waals surface area contributed by atoms with Crippen LogP contribution in [0.1, 0.15) is 0 Å². The van der Waals surface area contributed by atoms with Crippen molar-refractivity contribution in [3.63, 3.8) is 0 Å². The molecule has 0 bridgehead atoms. The van der Waals surface area contributed by atoms with E-state index in [1.807, 2.05) is 24.3 Å². The lowest BCUT2D eigenvalue weighted by Gasteiger charge is -2.07. The molecule has 106 valence electrons. The molecule has 6 heteroatoms. The zero-order valence-corrected chi connectivity index (χ0v) is 13.0. The molecule has 0 radical (unpaired) electrons. The second-order valence-electron chi connectivity index (χ2n) is 4.35. The monoisotopic (exact) mass is 366 g/mol. The minimum absolute atomic E-state index is 0.147. The van der Waals surface area contributed by atoms with Crippen molar-refractivity contribution < 1.29 is 8.91 Å². The first-order valence-corrected chi connectivity index (χ1v) is 7.21. The van der Waals surface area contributed by atoms with Crippen LogP contribution in [0, 0.1) is 5.82 Å². The van der Waals surface area contributed by atoms with Crippen molar-refractivity contribution >= 4 is 33.3 Å². The van der Waals surface area contributed by atoms with E-state index in [0.29, 0.717) is 5.56 Å². The third-order valence-corrected chi connectivity index (χ3v) is 4.06. The van der Waals surface area contributed by atoms with Crippen LogP contribution in [0.5, 0.6) is 0 Å². The summed E-state index contributed by atoms with van der Waals surface area (Å²) in [5, 5.41) is 3.98. The summed E-state index contributed by atoms with van der Waals surface area (Å²) in [7, 11) is 0. The van der Waals surface area contributed by atoms with Crippen LogP contribution in [0.4, 0.5) is 10.2 Å². The van der Waals surface area contributed by atoms with Crippen LogP contribution >= 0.6 is 27.5 Å². The molecular weight excluding hydrogens is 359 g/mol. The minimum Gasteiger partial charge on any atom is -0.380 e. The number of rotatable bonds is 2. The Labute approximate surface area is 133 Å². The van der Waals surface area contributed by atoms with Crippen molar-refractivity contribution in [1.82, 2.24) is 5.16 Å². The zero-order valence-electron chi connectivity index (χ0n) is 10.6. The summed E-state index contributed by atoms with van der Waals surface area (Å²) in [5.41, 5.74) is 7.30. The second-order valence-corrected chi connectivity index (χ2v) is 5.61. The van der Waals surface area contributed by atoms with E-state index >= 15 is 0 Å². The summed E-state index contributed by atoms with van der Waals surface area (Å²) >= 11 is 9.54. The second kappa shape index (κ2) is 5.50. The van der Waals surface area contributed by atoms with Crippen molar-refractivity contribution in [2.45, 2.75) is 0 Å². The maximum absolute atomic E-state index is 14.1. The fourth-order valence-electron chi connectivity index (χ4n) is 2.11. The zero-order chi connectivity index (χ0) is 15.0. The average Bonchev–Trinajstić information content (AvgIpc) is 2.81. The Morgan fingerprint density at radius 1 is 1.10 bits per heavy atom. The third kappa shape index (κ3) is 2.43. The fraction of sp³-hybridized carbons (Fsp3) is 0. The molecule has 3 aromatic rings. The van der Waals surface area contributed by atoms with E-state index in [1.165, 1.54) is 12.1 Å². The molecule has 0 saturated heterocycles. The highest BCUT2D eigenvalue weighted by molar-refractivity contribution is 9.10. The number of hydrogen-bond acceptors (Lipinski definition) is 3. The van der Waals surface area contributed by atoms with Crippen molar-refractivity contribution in [3.05, 3.63) is 57.8 Å². The maximum Gasteiger partial charge on any atom is 0.181 e. The van der Waals surface area contributed by atoms with Crippen molar-refractivity contribution in [1.29, 1.82) is 0 Å². The SMILES string of the molecule is Nc1noc(-c2c(F)cccc2Cl)c1-c1ccccc1Br. The molecule has 0 aliphatic heterocycles. The summed E-state index contributed by atoms with van der Waals surface area (Å²) in [4.78, 5) is 0. The summed E-state index contributed by atoms with van der Waals surface area (Å²) in [6.45, 7) is 0. The van der Waals surface area contributed by atoms with E-state index in [0.717, 1.165) is 10.0 Å². The van der Waals surface area contributed by atoms with E-state index in [1.54, 1.807) is 6.07 Å². The maximum atomic E-state index is 14.1. The van der Waals surface area contributed by atoms with Crippen LogP contribution in [0.25, 0.3) is 22.5 Å². The molecule has 1 heterocycles. The van der Waals surface area contributed by atoms with Gasteiger partial charge in [-0.2, -0.15) is 0 Å². The van der Waals surface area contributed by atoms with Crippen LogP contribution in [-0.4, -0.2) is 5.16 Å². The predicted octanol–water partition coefficient (Wildman–Crippen LogP) is 5.15. The van der Waals surface area contributed by atoms with Gasteiger partial charge in [0, 0.05) is 10.0 Å². The number of aromatic nitrogens is 1. The smallest absolute Gasteiger partial charge is 0.181 e. The molecule has 0 unspecified atom stereocenters. The Morgan fingerprint density at radius 3 is 2.57 bits per heavy atom. The molecule has 2 N–H and O–H groups in total. The highest BCUT2D eigenvalue weighted by atomic mass is 79.9. The van der Waals surface area contributed by atoms with Gasteiger partial charge < -0.3 is 10.3 Å². The number of benzene rings is 2. The van der Waals surface area contributed by atoms with Gasteiger partial charge in [-0.3, -0.25) is 0 Å². The topological polar surface area (TPSA) is 52.0 Å². The summed E-state index contributed by atoms with van der Waals surface area (Å²) in [6, 6.07) is 11.8. The quantitative estimate of drug-likeness (QED) is 0.682. The van der Waals surface area contributed by atoms with E-state index in [-0.39, 0.29) is 22.2 Å². The lowest BCUT2D eigenvalue weighted by molar-refractivity contribution is 0.433. The normalized spacial score (nSPS) is 10.8. The van der Waals surface area contributed by atoms with Gasteiger partial charge in [-0.1, -0.05) is 57.0 Å². The lowest BCUT2D eigenvalue weighted by atomic mass is 10.0. The first kappa shape index (κ1) is 14.1. The fourth-order valence-corrected chi connectivity index (χ4v) is 2.84. The average molecular weight is 368 g/mol. The van der Waals surface area contributed by atoms with Crippen molar-refractivity contribution in [3.8, 4) is 22.5 Å². The van der Waals surface area contributed by atoms with Crippen molar-refractivity contribution in [2.75, 3.05) is 5.73 Å². The Balaban J connectivity index is 2.31. The highest BCUT2D eigenvalue weighted by Gasteiger charge is 2.23. The Bertz CT molecular complexity index is 799. The highest BCUT2D eigenvalue weighted by Crippen LogP contribution is 2.42. The number of halogens is 3. The summed E-state index contributed by atoms with van der Waals surface area (Å²) in [6.07, 6.45) is 0. The van der Waals surface area contributed by atoms with Crippen LogP contribution in [0.3, 0.4) is 0 Å². The van der Waals surface area contributed by atoms with Gasteiger partial charge >= 0.3 is 0 Å². The molecule has 0 atom stereocenters. The molecule has 0 aliphatic rings. The van der Waals surface area contributed by atoms with Crippen molar-refractivity contribution in [2.24, 2.45) is 0 Å². The first-order chi connectivity index (χ1) is 10.1. The van der Waals surface area contributed by atoms with Gasteiger partial charge in [0.2, 0.25) is 0 Å². The predicted molar refractivity (Wildman–Crippen MR) is 84.5 cm³/mol. The van der Waals surface area contributed by atoms with Crippen LogP contribution < -0.4 is 5.73 Å². The summed E-state index contributed by atoms with van der Waals surface area (Å²) < 4.78 is 20.1. The number of nitrogen functional groups attached to an aromatic ring is 1. The molecule has 0 spiro atoms. The van der Waals surface area contributed by atoms with Gasteiger partial charge in [0.1, 0.15) is 5.82 Å². The molecular formula is C15H9BrClFN2O. The van der Waals surface area contributed by atoms with Gasteiger partial charge in [0.05, 0.1) is 16.1 Å². The van der Waals surface area contributed by atoms with E-state index in [9.17, 15) is 4.39 Å². The standard InChI is InChI=1S/C15H9BrClFN2O/c16-9-5-2-1-4-8(9)12-14(21-20-15(12)19)13-10(17)6-3-7-11(13)18/h1-7H,(H2,19,20). The van der Waals surface area contributed by atoms with Gasteiger partial charge in [0.25, 0.3) is 0 Å². The molecule has 0 saturated carbocycles. The molecule has 2 aromatic carbocycles. The van der Waals surface area contributed by atoms with Gasteiger partial charge in [-0.05, 0) is 18.2 Å². The number of nitrogens with zero attached hydrogens (tertiary/aromatic N) is 1. The van der Waals surface area contributed by atoms with Gasteiger partial charge in [0.15, 0.2) is 11.6 Å². The molecule has 0 aliphatic carbocycles. The Hall–Kier alpha value is -1.85. The van der Waals surface area contributed by atoms with Crippen LogP contribution in [-0.2, 0) is 0 Å². The molecule has 1 aromatic heterocycles. The summed E-state index contributed by atoms with van der Waals surface area (Å²) in [5.74, 6) is -0.106. The number of anilines is 1. The van der Waals surface area contributed by atoms with Crippen LogP contribution in [0.15, 0.2) is 51.5 Å². The minimum atomic E-state index is -0.494. The Kier molecular flexibility index (Phi) is 3.69. The van der Waals surface area contributed by atoms with Crippen LogP contribution in [0.2, 0.25) is 5.02 Å². The largest absolute Gasteiger partial charge is 0.380 e. The molecule has 3 nitrogen and oxygen atoms in total. The molecule has 21 heavy (non-hydrogen) atoms. The van der Waals surface area contributed by atoms with E-state index in [2.05, 4.69) is 21.1 Å². The number of hydrogen-bond donors (Lipinski definition) is 1. The Morgan fingerprint density at radius 2 is 1.86 bits per heavy atom. The molecule has 3 rings (SSSR count). The third-order valence-electron chi connectivity index (χ3n) is 3.05. The van der Waals surface area contributed by atoms with E-state index in [4.69, 9.17) is 21.9 Å².